The lowest BCUT2D eigenvalue weighted by Crippen LogP contribution is -2.44. The summed E-state index contributed by atoms with van der Waals surface area (Å²) in [5.74, 6) is 0. The van der Waals surface area contributed by atoms with Crippen molar-refractivity contribution >= 4 is 8.32 Å². The van der Waals surface area contributed by atoms with Gasteiger partial charge in [0.25, 0.3) is 0 Å². The van der Waals surface area contributed by atoms with Crippen LogP contribution >= 0.6 is 0 Å². The van der Waals surface area contributed by atoms with Gasteiger partial charge in [-0.2, -0.15) is 0 Å². The van der Waals surface area contributed by atoms with Gasteiger partial charge in [-0.05, 0) is 56.0 Å². The highest BCUT2D eigenvalue weighted by Gasteiger charge is 2.38. The zero-order chi connectivity index (χ0) is 20.0. The van der Waals surface area contributed by atoms with Gasteiger partial charge in [0.15, 0.2) is 8.32 Å². The van der Waals surface area contributed by atoms with Crippen molar-refractivity contribution in [2.75, 3.05) is 0 Å². The van der Waals surface area contributed by atoms with Gasteiger partial charge in [0.05, 0.1) is 18.8 Å². The Labute approximate surface area is 161 Å². The molecule has 0 bridgehead atoms. The van der Waals surface area contributed by atoms with Crippen molar-refractivity contribution in [1.82, 2.24) is 0 Å². The van der Waals surface area contributed by atoms with Crippen LogP contribution in [-0.4, -0.2) is 31.7 Å². The first-order valence-electron chi connectivity index (χ1n) is 9.61. The van der Waals surface area contributed by atoms with E-state index in [1.54, 1.807) is 0 Å². The summed E-state index contributed by atoms with van der Waals surface area (Å²) < 4.78 is 12.2. The summed E-state index contributed by atoms with van der Waals surface area (Å²) in [5, 5.41) is 10.6. The van der Waals surface area contributed by atoms with Crippen molar-refractivity contribution in [2.45, 2.75) is 90.5 Å². The number of aliphatic hydroxyl groups excluding tert-OH is 1. The fraction of sp³-hybridized carbons (Fsp3) is 0.636. The van der Waals surface area contributed by atoms with Crippen LogP contribution in [0.2, 0.25) is 18.1 Å². The second-order valence-electron chi connectivity index (χ2n) is 8.88. The van der Waals surface area contributed by atoms with E-state index in [4.69, 9.17) is 9.16 Å². The molecule has 0 aliphatic heterocycles. The molecular formula is C22H38O3Si. The van der Waals surface area contributed by atoms with Gasteiger partial charge in [0, 0.05) is 6.10 Å². The zero-order valence-corrected chi connectivity index (χ0v) is 18.7. The van der Waals surface area contributed by atoms with Crippen LogP contribution in [0.15, 0.2) is 42.5 Å². The zero-order valence-electron chi connectivity index (χ0n) is 17.7. The second kappa shape index (κ2) is 9.84. The second-order valence-corrected chi connectivity index (χ2v) is 13.6. The molecule has 3 nitrogen and oxygen atoms in total. The van der Waals surface area contributed by atoms with Gasteiger partial charge in [-0.1, -0.05) is 57.7 Å². The Bertz CT molecular complexity index is 548. The molecule has 0 radical (unpaired) electrons. The Morgan fingerprint density at radius 2 is 1.73 bits per heavy atom. The SMILES string of the molecule is C=C(C[C@H](O)C[C@H](C)O[Si](C)(C)C(C)(C)C)[C@@H](C)OCc1ccccc1. The standard InChI is InChI=1S/C22H38O3Si/c1-17(19(3)24-16-20-12-10-9-11-13-20)14-21(23)15-18(2)25-26(7,8)22(4,5)6/h9-13,18-19,21,23H,1,14-16H2,2-8H3/t18-,19+,21-/m0/s1. The van der Waals surface area contributed by atoms with Crippen LogP contribution in [0.5, 0.6) is 0 Å². The van der Waals surface area contributed by atoms with Crippen LogP contribution in [-0.2, 0) is 15.8 Å². The molecule has 4 heteroatoms. The molecule has 0 saturated heterocycles. The lowest BCUT2D eigenvalue weighted by molar-refractivity contribution is 0.0596. The molecule has 0 aliphatic rings. The summed E-state index contributed by atoms with van der Waals surface area (Å²) in [4.78, 5) is 0. The molecule has 1 aromatic rings. The van der Waals surface area contributed by atoms with Gasteiger partial charge in [-0.3, -0.25) is 0 Å². The molecule has 0 amide bonds. The lowest BCUT2D eigenvalue weighted by Gasteiger charge is -2.39. The number of rotatable bonds is 10. The van der Waals surface area contributed by atoms with Crippen molar-refractivity contribution in [3.05, 3.63) is 48.0 Å². The van der Waals surface area contributed by atoms with Gasteiger partial charge in [0.1, 0.15) is 0 Å². The molecule has 0 aromatic heterocycles. The van der Waals surface area contributed by atoms with Crippen molar-refractivity contribution < 1.29 is 14.3 Å². The smallest absolute Gasteiger partial charge is 0.192 e. The third kappa shape index (κ3) is 7.75. The number of benzene rings is 1. The summed E-state index contributed by atoms with van der Waals surface area (Å²) in [5.41, 5.74) is 2.07. The Balaban J connectivity index is 2.41. The molecule has 148 valence electrons. The third-order valence-corrected chi connectivity index (χ3v) is 9.93. The van der Waals surface area contributed by atoms with Gasteiger partial charge in [-0.15, -0.1) is 0 Å². The third-order valence-electron chi connectivity index (χ3n) is 5.32. The summed E-state index contributed by atoms with van der Waals surface area (Å²) in [6.07, 6.45) is 0.670. The van der Waals surface area contributed by atoms with Gasteiger partial charge < -0.3 is 14.3 Å². The summed E-state index contributed by atoms with van der Waals surface area (Å²) in [6, 6.07) is 10.1. The van der Waals surface area contributed by atoms with Crippen molar-refractivity contribution in [3.63, 3.8) is 0 Å². The highest BCUT2D eigenvalue weighted by Crippen LogP contribution is 2.37. The number of hydrogen-bond donors (Lipinski definition) is 1. The first-order chi connectivity index (χ1) is 11.9. The number of ether oxygens (including phenoxy) is 1. The van der Waals surface area contributed by atoms with E-state index in [9.17, 15) is 5.11 Å². The molecule has 0 fully saturated rings. The van der Waals surface area contributed by atoms with Crippen molar-refractivity contribution in [2.24, 2.45) is 0 Å². The van der Waals surface area contributed by atoms with Crippen molar-refractivity contribution in [1.29, 1.82) is 0 Å². The van der Waals surface area contributed by atoms with E-state index in [1.807, 2.05) is 37.3 Å². The fourth-order valence-corrected chi connectivity index (χ4v) is 4.03. The Hall–Kier alpha value is -0.943. The summed E-state index contributed by atoms with van der Waals surface area (Å²) in [7, 11) is -1.80. The van der Waals surface area contributed by atoms with Crippen LogP contribution < -0.4 is 0 Å². The molecule has 0 saturated carbocycles. The highest BCUT2D eigenvalue weighted by atomic mass is 28.4. The molecule has 26 heavy (non-hydrogen) atoms. The van der Waals surface area contributed by atoms with E-state index in [2.05, 4.69) is 47.4 Å². The fourth-order valence-electron chi connectivity index (χ4n) is 2.58. The van der Waals surface area contributed by atoms with Crippen LogP contribution in [0.4, 0.5) is 0 Å². The molecular weight excluding hydrogens is 340 g/mol. The first-order valence-corrected chi connectivity index (χ1v) is 12.5. The van der Waals surface area contributed by atoms with Gasteiger partial charge in [0.2, 0.25) is 0 Å². The van der Waals surface area contributed by atoms with E-state index < -0.39 is 14.4 Å². The van der Waals surface area contributed by atoms with E-state index in [-0.39, 0.29) is 17.2 Å². The van der Waals surface area contributed by atoms with E-state index in [0.29, 0.717) is 19.4 Å². The van der Waals surface area contributed by atoms with Crippen LogP contribution in [0.3, 0.4) is 0 Å². The Morgan fingerprint density at radius 1 is 1.15 bits per heavy atom. The van der Waals surface area contributed by atoms with E-state index >= 15 is 0 Å². The van der Waals surface area contributed by atoms with E-state index in [1.165, 1.54) is 0 Å². The van der Waals surface area contributed by atoms with Crippen molar-refractivity contribution in [3.8, 4) is 0 Å². The quantitative estimate of drug-likeness (QED) is 0.419. The van der Waals surface area contributed by atoms with Gasteiger partial charge in [-0.25, -0.2) is 0 Å². The summed E-state index contributed by atoms with van der Waals surface area (Å²) >= 11 is 0. The Kier molecular flexibility index (Phi) is 8.74. The average molecular weight is 379 g/mol. The average Bonchev–Trinajstić information content (AvgIpc) is 2.51. The maximum Gasteiger partial charge on any atom is 0.192 e. The molecule has 0 heterocycles. The predicted octanol–water partition coefficient (Wildman–Crippen LogP) is 5.70. The normalized spacial score (nSPS) is 16.2. The maximum atomic E-state index is 10.4. The first kappa shape index (κ1) is 23.1. The monoisotopic (exact) mass is 378 g/mol. The minimum absolute atomic E-state index is 0.0410. The molecule has 1 rings (SSSR count). The van der Waals surface area contributed by atoms with Crippen LogP contribution in [0, 0.1) is 0 Å². The molecule has 1 aromatic carbocycles. The molecule has 1 N–H and O–H groups in total. The van der Waals surface area contributed by atoms with Crippen LogP contribution in [0.25, 0.3) is 0 Å². The summed E-state index contributed by atoms with van der Waals surface area (Å²) in [6.45, 7) is 19.9. The predicted molar refractivity (Wildman–Crippen MR) is 113 cm³/mol. The molecule has 0 spiro atoms. The number of aliphatic hydroxyl groups is 1. The Morgan fingerprint density at radius 3 is 2.27 bits per heavy atom. The minimum Gasteiger partial charge on any atom is -0.414 e. The highest BCUT2D eigenvalue weighted by molar-refractivity contribution is 6.74. The largest absolute Gasteiger partial charge is 0.414 e. The van der Waals surface area contributed by atoms with Gasteiger partial charge >= 0.3 is 0 Å². The molecule has 3 atom stereocenters. The van der Waals surface area contributed by atoms with Crippen LogP contribution in [0.1, 0.15) is 53.0 Å². The molecule has 0 aliphatic carbocycles. The van der Waals surface area contributed by atoms with E-state index in [0.717, 1.165) is 11.1 Å². The number of hydrogen-bond acceptors (Lipinski definition) is 3. The lowest BCUT2D eigenvalue weighted by atomic mass is 10.0. The minimum atomic E-state index is -1.80. The maximum absolute atomic E-state index is 10.4. The topological polar surface area (TPSA) is 38.7 Å². The molecule has 0 unspecified atom stereocenters.